The summed E-state index contributed by atoms with van der Waals surface area (Å²) in [6, 6.07) is 5.89. The van der Waals surface area contributed by atoms with E-state index in [9.17, 15) is 4.79 Å². The lowest BCUT2D eigenvalue weighted by Crippen LogP contribution is -2.48. The van der Waals surface area contributed by atoms with Crippen molar-refractivity contribution in [2.45, 2.75) is 49.3 Å². The molecular formula is C25H27NO6. The lowest BCUT2D eigenvalue weighted by molar-refractivity contribution is -0.151. The van der Waals surface area contributed by atoms with Crippen molar-refractivity contribution in [3.8, 4) is 23.3 Å². The zero-order valence-electron chi connectivity index (χ0n) is 18.7. The van der Waals surface area contributed by atoms with Gasteiger partial charge in [0, 0.05) is 49.5 Å². The SMILES string of the molecule is COc1ccc(C#CC2=C[C@@H]3C[C@@]4(OC(=O)C=C24)[C@H]2CCC(C(OC)OC)N32)cc1OC. The number of ether oxygens (including phenoxy) is 5. The van der Waals surface area contributed by atoms with Gasteiger partial charge in [0.1, 0.15) is 0 Å². The van der Waals surface area contributed by atoms with Crippen molar-refractivity contribution in [1.82, 2.24) is 4.90 Å². The molecule has 1 spiro atoms. The molecule has 7 heteroatoms. The van der Waals surface area contributed by atoms with Gasteiger partial charge >= 0.3 is 5.97 Å². The minimum Gasteiger partial charge on any atom is -0.493 e. The van der Waals surface area contributed by atoms with Crippen molar-refractivity contribution in [2.24, 2.45) is 0 Å². The first-order chi connectivity index (χ1) is 15.5. The van der Waals surface area contributed by atoms with Crippen LogP contribution in [-0.2, 0) is 19.0 Å². The van der Waals surface area contributed by atoms with E-state index in [0.29, 0.717) is 11.5 Å². The average molecular weight is 437 g/mol. The smallest absolute Gasteiger partial charge is 0.332 e. The van der Waals surface area contributed by atoms with E-state index in [-0.39, 0.29) is 30.4 Å². The maximum atomic E-state index is 12.4. The molecule has 5 rings (SSSR count). The predicted molar refractivity (Wildman–Crippen MR) is 116 cm³/mol. The third kappa shape index (κ3) is 3.06. The maximum absolute atomic E-state index is 12.4. The van der Waals surface area contributed by atoms with Crippen LogP contribution in [0.1, 0.15) is 24.8 Å². The fraction of sp³-hybridized carbons (Fsp3) is 0.480. The van der Waals surface area contributed by atoms with Crippen LogP contribution in [0.15, 0.2) is 41.5 Å². The molecule has 1 aromatic rings. The maximum Gasteiger partial charge on any atom is 0.332 e. The van der Waals surface area contributed by atoms with Crippen LogP contribution in [0.2, 0.25) is 0 Å². The molecule has 0 N–H and O–H groups in total. The lowest BCUT2D eigenvalue weighted by atomic mass is 9.77. The van der Waals surface area contributed by atoms with Crippen LogP contribution < -0.4 is 9.47 Å². The molecule has 4 atom stereocenters. The van der Waals surface area contributed by atoms with E-state index >= 15 is 0 Å². The van der Waals surface area contributed by atoms with Crippen LogP contribution in [0.3, 0.4) is 0 Å². The zero-order chi connectivity index (χ0) is 22.5. The number of nitrogens with zero attached hydrogens (tertiary/aromatic N) is 1. The first-order valence-corrected chi connectivity index (χ1v) is 10.8. The van der Waals surface area contributed by atoms with E-state index in [1.807, 2.05) is 18.2 Å². The van der Waals surface area contributed by atoms with Crippen LogP contribution in [0.5, 0.6) is 11.5 Å². The highest BCUT2D eigenvalue weighted by Gasteiger charge is 2.65. The molecule has 1 aliphatic carbocycles. The Hall–Kier alpha value is -2.79. The van der Waals surface area contributed by atoms with Crippen LogP contribution >= 0.6 is 0 Å². The number of hydrogen-bond donors (Lipinski definition) is 0. The Bertz CT molecular complexity index is 1060. The summed E-state index contributed by atoms with van der Waals surface area (Å²) in [5.41, 5.74) is 1.91. The van der Waals surface area contributed by atoms with E-state index in [2.05, 4.69) is 22.8 Å². The number of fused-ring (bicyclic) bond motifs is 3. The molecule has 0 amide bonds. The second-order valence-corrected chi connectivity index (χ2v) is 8.49. The van der Waals surface area contributed by atoms with Gasteiger partial charge in [-0.1, -0.05) is 17.9 Å². The quantitative estimate of drug-likeness (QED) is 0.398. The summed E-state index contributed by atoms with van der Waals surface area (Å²) >= 11 is 0. The fourth-order valence-electron chi connectivity index (χ4n) is 5.85. The van der Waals surface area contributed by atoms with Gasteiger partial charge in [-0.25, -0.2) is 4.79 Å². The molecule has 1 unspecified atom stereocenters. The highest BCUT2D eigenvalue weighted by Crippen LogP contribution is 2.56. The first kappa shape index (κ1) is 21.1. The summed E-state index contributed by atoms with van der Waals surface area (Å²) in [5, 5.41) is 0. The molecule has 3 aliphatic heterocycles. The minimum absolute atomic E-state index is 0.0969. The van der Waals surface area contributed by atoms with Gasteiger partial charge in [-0.3, -0.25) is 4.90 Å². The Morgan fingerprint density at radius 2 is 1.88 bits per heavy atom. The van der Waals surface area contributed by atoms with E-state index < -0.39 is 5.60 Å². The average Bonchev–Trinajstić information content (AvgIpc) is 3.46. The molecule has 3 heterocycles. The van der Waals surface area contributed by atoms with Crippen molar-refractivity contribution in [2.75, 3.05) is 28.4 Å². The van der Waals surface area contributed by atoms with Gasteiger partial charge in [-0.15, -0.1) is 0 Å². The predicted octanol–water partition coefficient (Wildman–Crippen LogP) is 2.44. The molecule has 7 nitrogen and oxygen atoms in total. The fourth-order valence-corrected chi connectivity index (χ4v) is 5.85. The van der Waals surface area contributed by atoms with Gasteiger partial charge in [-0.2, -0.15) is 0 Å². The number of esters is 1. The Morgan fingerprint density at radius 1 is 1.09 bits per heavy atom. The molecule has 2 fully saturated rings. The second-order valence-electron chi connectivity index (χ2n) is 8.49. The zero-order valence-corrected chi connectivity index (χ0v) is 18.7. The van der Waals surface area contributed by atoms with Gasteiger partial charge in [0.15, 0.2) is 23.4 Å². The number of methoxy groups -OCH3 is 4. The number of rotatable bonds is 5. The third-order valence-electron chi connectivity index (χ3n) is 7.07. The first-order valence-electron chi connectivity index (χ1n) is 10.8. The summed E-state index contributed by atoms with van der Waals surface area (Å²) in [5.74, 6) is 7.52. The molecule has 4 aliphatic rings. The molecule has 168 valence electrons. The molecular weight excluding hydrogens is 410 g/mol. The van der Waals surface area contributed by atoms with Crippen molar-refractivity contribution in [3.05, 3.63) is 47.1 Å². The Balaban J connectivity index is 1.52. The van der Waals surface area contributed by atoms with Crippen LogP contribution in [0.25, 0.3) is 0 Å². The number of carbonyl (C=O) groups is 1. The van der Waals surface area contributed by atoms with Gasteiger partial charge < -0.3 is 23.7 Å². The molecule has 0 aromatic heterocycles. The standard InChI is InChI=1S/C25H27NO6/c1-28-20-9-6-15(11-21(20)29-2)5-7-16-12-17-14-25(18(16)13-23(27)32-25)22-10-8-19(26(17)22)24(30-3)31-4/h6,9,11-13,17,19,22,24H,8,10,14H2,1-4H3/t17-,19?,22-,25+/m1/s1. The largest absolute Gasteiger partial charge is 0.493 e. The number of hydrogen-bond acceptors (Lipinski definition) is 7. The van der Waals surface area contributed by atoms with Gasteiger partial charge in [0.05, 0.1) is 26.3 Å². The molecule has 0 saturated carbocycles. The topological polar surface area (TPSA) is 66.5 Å². The summed E-state index contributed by atoms with van der Waals surface area (Å²) in [4.78, 5) is 14.8. The van der Waals surface area contributed by atoms with Crippen molar-refractivity contribution in [1.29, 1.82) is 0 Å². The van der Waals surface area contributed by atoms with Crippen LogP contribution in [0.4, 0.5) is 0 Å². The Morgan fingerprint density at radius 3 is 2.59 bits per heavy atom. The highest BCUT2D eigenvalue weighted by molar-refractivity contribution is 5.90. The van der Waals surface area contributed by atoms with E-state index in [0.717, 1.165) is 36.0 Å². The summed E-state index contributed by atoms with van der Waals surface area (Å²) in [6.07, 6.45) is 6.05. The van der Waals surface area contributed by atoms with E-state index in [4.69, 9.17) is 23.7 Å². The van der Waals surface area contributed by atoms with E-state index in [1.54, 1.807) is 34.5 Å². The summed E-state index contributed by atoms with van der Waals surface area (Å²) < 4.78 is 27.9. The molecule has 32 heavy (non-hydrogen) atoms. The second kappa shape index (κ2) is 7.96. The lowest BCUT2D eigenvalue weighted by Gasteiger charge is -2.33. The van der Waals surface area contributed by atoms with E-state index in [1.165, 1.54) is 0 Å². The van der Waals surface area contributed by atoms with Gasteiger partial charge in [0.25, 0.3) is 0 Å². The number of carbonyl (C=O) groups excluding carboxylic acids is 1. The van der Waals surface area contributed by atoms with Crippen molar-refractivity contribution < 1.29 is 28.5 Å². The molecule has 2 bridgehead atoms. The van der Waals surface area contributed by atoms with Crippen LogP contribution in [0, 0.1) is 11.8 Å². The van der Waals surface area contributed by atoms with Crippen molar-refractivity contribution in [3.63, 3.8) is 0 Å². The molecule has 0 radical (unpaired) electrons. The number of benzene rings is 1. The van der Waals surface area contributed by atoms with Crippen LogP contribution in [-0.4, -0.2) is 69.3 Å². The van der Waals surface area contributed by atoms with Crippen molar-refractivity contribution >= 4 is 5.97 Å². The molecule has 1 aromatic carbocycles. The third-order valence-corrected chi connectivity index (χ3v) is 7.07. The highest BCUT2D eigenvalue weighted by atomic mass is 16.7. The molecule has 2 saturated heterocycles. The Labute approximate surface area is 187 Å². The summed E-state index contributed by atoms with van der Waals surface area (Å²) in [7, 11) is 6.53. The van der Waals surface area contributed by atoms with Gasteiger partial charge in [0.2, 0.25) is 0 Å². The minimum atomic E-state index is -0.640. The Kier molecular flexibility index (Phi) is 5.25. The monoisotopic (exact) mass is 437 g/mol. The van der Waals surface area contributed by atoms with Gasteiger partial charge in [-0.05, 0) is 31.0 Å². The normalized spacial score (nSPS) is 30.2. The summed E-state index contributed by atoms with van der Waals surface area (Å²) in [6.45, 7) is 0.